The Bertz CT molecular complexity index is 419. The van der Waals surface area contributed by atoms with Crippen LogP contribution < -0.4 is 11.3 Å². The molecule has 0 aromatic heterocycles. The number of carbonyl (C=O) groups is 1. The first kappa shape index (κ1) is 14.0. The molecule has 5 nitrogen and oxygen atoms in total. The second-order valence-electron chi connectivity index (χ2n) is 4.91. The summed E-state index contributed by atoms with van der Waals surface area (Å²) < 4.78 is 5.42. The Balaban J connectivity index is 1.94. The first-order valence-electron chi connectivity index (χ1n) is 6.58. The van der Waals surface area contributed by atoms with Gasteiger partial charge in [-0.2, -0.15) is 0 Å². The van der Waals surface area contributed by atoms with Crippen molar-refractivity contribution in [3.63, 3.8) is 0 Å². The van der Waals surface area contributed by atoms with Crippen molar-refractivity contribution in [1.82, 2.24) is 10.3 Å². The second kappa shape index (κ2) is 6.65. The third-order valence-electron chi connectivity index (χ3n) is 3.55. The van der Waals surface area contributed by atoms with Gasteiger partial charge in [0.2, 0.25) is 0 Å². The van der Waals surface area contributed by atoms with Crippen molar-refractivity contribution < 1.29 is 9.53 Å². The summed E-state index contributed by atoms with van der Waals surface area (Å²) in [4.78, 5) is 13.7. The van der Waals surface area contributed by atoms with E-state index in [1.807, 2.05) is 12.1 Å². The van der Waals surface area contributed by atoms with E-state index in [9.17, 15) is 4.79 Å². The number of nitrogens with one attached hydrogen (secondary N) is 1. The van der Waals surface area contributed by atoms with Gasteiger partial charge in [-0.05, 0) is 37.1 Å². The molecule has 1 aliphatic rings. The lowest BCUT2D eigenvalue weighted by Crippen LogP contribution is -2.38. The lowest BCUT2D eigenvalue weighted by Gasteiger charge is -2.31. The number of methoxy groups -OCH3 is 1. The first-order chi connectivity index (χ1) is 9.22. The number of carbonyl (C=O) groups excluding carboxylic acids is 1. The molecule has 0 spiro atoms. The fraction of sp³-hybridized carbons (Fsp3) is 0.500. The molecule has 0 bridgehead atoms. The van der Waals surface area contributed by atoms with E-state index < -0.39 is 0 Å². The van der Waals surface area contributed by atoms with Gasteiger partial charge in [-0.3, -0.25) is 15.1 Å². The molecule has 1 atom stereocenters. The number of nitrogens with two attached hydrogens (primary N) is 1. The van der Waals surface area contributed by atoms with Gasteiger partial charge in [0, 0.05) is 25.8 Å². The summed E-state index contributed by atoms with van der Waals surface area (Å²) in [5.74, 6) is 4.84. The van der Waals surface area contributed by atoms with Crippen molar-refractivity contribution in [2.75, 3.05) is 20.2 Å². The summed E-state index contributed by atoms with van der Waals surface area (Å²) >= 11 is 0. The van der Waals surface area contributed by atoms with Crippen LogP contribution >= 0.6 is 0 Å². The molecule has 0 aliphatic carbocycles. The molecule has 1 aromatic carbocycles. The summed E-state index contributed by atoms with van der Waals surface area (Å²) in [7, 11) is 1.77. The number of amides is 1. The Morgan fingerprint density at radius 2 is 2.21 bits per heavy atom. The fourth-order valence-corrected chi connectivity index (χ4v) is 2.45. The average molecular weight is 263 g/mol. The molecular weight excluding hydrogens is 242 g/mol. The number of hydrogen-bond acceptors (Lipinski definition) is 4. The van der Waals surface area contributed by atoms with Gasteiger partial charge in [0.25, 0.3) is 5.91 Å². The van der Waals surface area contributed by atoms with E-state index in [1.54, 1.807) is 19.2 Å². The Kier molecular flexibility index (Phi) is 4.90. The summed E-state index contributed by atoms with van der Waals surface area (Å²) in [6, 6.07) is 7.55. The molecule has 1 amide bonds. The van der Waals surface area contributed by atoms with Crippen LogP contribution in [-0.4, -0.2) is 37.1 Å². The van der Waals surface area contributed by atoms with E-state index in [0.717, 1.165) is 26.1 Å². The average Bonchev–Trinajstić information content (AvgIpc) is 2.47. The third kappa shape index (κ3) is 3.76. The normalized spacial score (nSPS) is 20.2. The SMILES string of the molecule is COC1CCCN(Cc2ccc(C(=O)NN)cc2)C1. The van der Waals surface area contributed by atoms with E-state index in [-0.39, 0.29) is 5.91 Å². The van der Waals surface area contributed by atoms with Crippen molar-refractivity contribution in [1.29, 1.82) is 0 Å². The van der Waals surface area contributed by atoms with Crippen LogP contribution in [0.5, 0.6) is 0 Å². The number of nitrogen functional groups attached to an aromatic ring is 1. The number of nitrogens with zero attached hydrogens (tertiary/aromatic N) is 1. The number of likely N-dealkylation sites (tertiary alicyclic amines) is 1. The molecule has 1 saturated heterocycles. The summed E-state index contributed by atoms with van der Waals surface area (Å²) in [6.07, 6.45) is 2.66. The Morgan fingerprint density at radius 3 is 2.84 bits per heavy atom. The predicted octanol–water partition coefficient (Wildman–Crippen LogP) is 0.901. The van der Waals surface area contributed by atoms with Crippen molar-refractivity contribution in [2.24, 2.45) is 5.84 Å². The number of benzene rings is 1. The highest BCUT2D eigenvalue weighted by Crippen LogP contribution is 2.15. The number of hydrazine groups is 1. The van der Waals surface area contributed by atoms with Gasteiger partial charge in [0.05, 0.1) is 6.10 Å². The largest absolute Gasteiger partial charge is 0.380 e. The lowest BCUT2D eigenvalue weighted by molar-refractivity contribution is 0.0285. The first-order valence-corrected chi connectivity index (χ1v) is 6.58. The highest BCUT2D eigenvalue weighted by atomic mass is 16.5. The Hall–Kier alpha value is -1.43. The van der Waals surface area contributed by atoms with Gasteiger partial charge in [-0.25, -0.2) is 5.84 Å². The summed E-state index contributed by atoms with van der Waals surface area (Å²) in [5, 5.41) is 0. The molecule has 104 valence electrons. The highest BCUT2D eigenvalue weighted by Gasteiger charge is 2.19. The zero-order chi connectivity index (χ0) is 13.7. The number of ether oxygens (including phenoxy) is 1. The lowest BCUT2D eigenvalue weighted by atomic mass is 10.1. The van der Waals surface area contributed by atoms with Crippen LogP contribution in [-0.2, 0) is 11.3 Å². The molecule has 1 aromatic rings. The highest BCUT2D eigenvalue weighted by molar-refractivity contribution is 5.93. The van der Waals surface area contributed by atoms with E-state index in [4.69, 9.17) is 10.6 Å². The Morgan fingerprint density at radius 1 is 1.47 bits per heavy atom. The number of hydrogen-bond donors (Lipinski definition) is 2. The van der Waals surface area contributed by atoms with Gasteiger partial charge in [0.15, 0.2) is 0 Å². The van der Waals surface area contributed by atoms with Crippen molar-refractivity contribution in [2.45, 2.75) is 25.5 Å². The zero-order valence-corrected chi connectivity index (χ0v) is 11.3. The van der Waals surface area contributed by atoms with E-state index >= 15 is 0 Å². The van der Waals surface area contributed by atoms with Crippen LogP contribution in [0.4, 0.5) is 0 Å². The van der Waals surface area contributed by atoms with Gasteiger partial charge in [-0.1, -0.05) is 12.1 Å². The van der Waals surface area contributed by atoms with Crippen LogP contribution in [0, 0.1) is 0 Å². The maximum absolute atomic E-state index is 11.3. The molecule has 1 aliphatic heterocycles. The fourth-order valence-electron chi connectivity index (χ4n) is 2.45. The predicted molar refractivity (Wildman–Crippen MR) is 73.4 cm³/mol. The van der Waals surface area contributed by atoms with Crippen LogP contribution in [0.3, 0.4) is 0 Å². The molecule has 1 fully saturated rings. The molecule has 0 radical (unpaired) electrons. The Labute approximate surface area is 113 Å². The van der Waals surface area contributed by atoms with E-state index in [2.05, 4.69) is 10.3 Å². The molecule has 1 unspecified atom stereocenters. The smallest absolute Gasteiger partial charge is 0.265 e. The molecule has 3 N–H and O–H groups in total. The van der Waals surface area contributed by atoms with Gasteiger partial charge < -0.3 is 4.74 Å². The maximum Gasteiger partial charge on any atom is 0.265 e. The van der Waals surface area contributed by atoms with Crippen LogP contribution in [0.15, 0.2) is 24.3 Å². The van der Waals surface area contributed by atoms with Gasteiger partial charge in [-0.15, -0.1) is 0 Å². The van der Waals surface area contributed by atoms with E-state index in [1.165, 1.54) is 12.0 Å². The summed E-state index contributed by atoms with van der Waals surface area (Å²) in [5.41, 5.74) is 3.91. The van der Waals surface area contributed by atoms with Crippen LogP contribution in [0.2, 0.25) is 0 Å². The molecule has 0 saturated carbocycles. The minimum absolute atomic E-state index is 0.260. The summed E-state index contributed by atoms with van der Waals surface area (Å²) in [6.45, 7) is 2.97. The minimum atomic E-state index is -0.260. The van der Waals surface area contributed by atoms with Crippen LogP contribution in [0.25, 0.3) is 0 Å². The maximum atomic E-state index is 11.3. The monoisotopic (exact) mass is 263 g/mol. The second-order valence-corrected chi connectivity index (χ2v) is 4.91. The standard InChI is InChI=1S/C14H21N3O2/c1-19-13-3-2-8-17(10-13)9-11-4-6-12(7-5-11)14(18)16-15/h4-7,13H,2-3,8-10,15H2,1H3,(H,16,18). The van der Waals surface area contributed by atoms with Crippen molar-refractivity contribution >= 4 is 5.91 Å². The molecule has 19 heavy (non-hydrogen) atoms. The number of piperidine rings is 1. The quantitative estimate of drug-likeness (QED) is 0.481. The molecule has 1 heterocycles. The molecule has 5 heteroatoms. The topological polar surface area (TPSA) is 67.6 Å². The molecular formula is C14H21N3O2. The zero-order valence-electron chi connectivity index (χ0n) is 11.3. The van der Waals surface area contributed by atoms with Crippen LogP contribution in [0.1, 0.15) is 28.8 Å². The third-order valence-corrected chi connectivity index (χ3v) is 3.55. The van der Waals surface area contributed by atoms with Crippen molar-refractivity contribution in [3.8, 4) is 0 Å². The minimum Gasteiger partial charge on any atom is -0.380 e. The van der Waals surface area contributed by atoms with Crippen molar-refractivity contribution in [3.05, 3.63) is 35.4 Å². The molecule has 2 rings (SSSR count). The number of rotatable bonds is 4. The van der Waals surface area contributed by atoms with Gasteiger partial charge >= 0.3 is 0 Å². The van der Waals surface area contributed by atoms with E-state index in [0.29, 0.717) is 11.7 Å². The van der Waals surface area contributed by atoms with Gasteiger partial charge in [0.1, 0.15) is 0 Å².